The molecule has 24 heavy (non-hydrogen) atoms. The Morgan fingerprint density at radius 2 is 1.46 bits per heavy atom. The molecule has 1 aliphatic heterocycles. The molecule has 6 heteroatoms. The number of para-hydroxylation sites is 2. The summed E-state index contributed by atoms with van der Waals surface area (Å²) in [7, 11) is 0. The maximum atomic E-state index is 12.6. The minimum Gasteiger partial charge on any atom is -0.478 e. The summed E-state index contributed by atoms with van der Waals surface area (Å²) in [4.78, 5) is 37.5. The average Bonchev–Trinajstić information content (AvgIpc) is 2.80. The second-order valence-corrected chi connectivity index (χ2v) is 5.88. The lowest BCUT2D eigenvalue weighted by Gasteiger charge is -2.25. The largest absolute Gasteiger partial charge is 0.478 e. The van der Waals surface area contributed by atoms with Gasteiger partial charge in [-0.05, 0) is 38.1 Å². The van der Waals surface area contributed by atoms with Crippen LogP contribution in [-0.4, -0.2) is 28.5 Å². The summed E-state index contributed by atoms with van der Waals surface area (Å²) in [5.41, 5.74) is -0.656. The third kappa shape index (κ3) is 2.42. The van der Waals surface area contributed by atoms with Crippen LogP contribution >= 0.6 is 0 Å². The number of ether oxygens (including phenoxy) is 1. The Kier molecular flexibility index (Phi) is 3.60. The molecule has 2 aromatic carbocycles. The van der Waals surface area contributed by atoms with E-state index in [1.54, 1.807) is 42.5 Å². The van der Waals surface area contributed by atoms with Gasteiger partial charge in [0, 0.05) is 0 Å². The molecule has 0 fully saturated rings. The van der Waals surface area contributed by atoms with E-state index in [-0.39, 0.29) is 11.4 Å². The number of nitrogens with zero attached hydrogens (tertiary/aromatic N) is 1. The van der Waals surface area contributed by atoms with Crippen LogP contribution in [-0.2, 0) is 4.79 Å². The first kappa shape index (κ1) is 15.7. The van der Waals surface area contributed by atoms with Crippen molar-refractivity contribution in [3.8, 4) is 5.75 Å². The maximum Gasteiger partial charge on any atom is 0.347 e. The first-order valence-electron chi connectivity index (χ1n) is 7.32. The van der Waals surface area contributed by atoms with Crippen molar-refractivity contribution in [1.29, 1.82) is 0 Å². The van der Waals surface area contributed by atoms with Crippen molar-refractivity contribution in [3.05, 3.63) is 59.7 Å². The highest BCUT2D eigenvalue weighted by Gasteiger charge is 2.39. The zero-order chi connectivity index (χ0) is 17.5. The van der Waals surface area contributed by atoms with Gasteiger partial charge >= 0.3 is 5.97 Å². The Hall–Kier alpha value is -3.15. The summed E-state index contributed by atoms with van der Waals surface area (Å²) < 4.78 is 5.56. The molecule has 0 radical (unpaired) electrons. The second kappa shape index (κ2) is 5.49. The van der Waals surface area contributed by atoms with Gasteiger partial charge in [0.25, 0.3) is 11.8 Å². The maximum absolute atomic E-state index is 12.6. The fraction of sp³-hybridized carbons (Fsp3) is 0.167. The quantitative estimate of drug-likeness (QED) is 0.874. The predicted molar refractivity (Wildman–Crippen MR) is 86.4 cm³/mol. The van der Waals surface area contributed by atoms with Crippen LogP contribution in [0, 0.1) is 0 Å². The van der Waals surface area contributed by atoms with Gasteiger partial charge in [0.1, 0.15) is 5.75 Å². The highest BCUT2D eigenvalue weighted by molar-refractivity contribution is 6.34. The molecular formula is C18H15NO5. The number of carboxylic acid groups (broad SMARTS) is 1. The summed E-state index contributed by atoms with van der Waals surface area (Å²) in [5, 5.41) is 9.23. The zero-order valence-corrected chi connectivity index (χ0v) is 13.1. The molecule has 3 rings (SSSR count). The Morgan fingerprint density at radius 3 is 2.00 bits per heavy atom. The molecule has 1 N–H and O–H groups in total. The number of aliphatic carboxylic acids is 1. The van der Waals surface area contributed by atoms with Crippen LogP contribution in [0.25, 0.3) is 0 Å². The molecule has 0 bridgehead atoms. The molecule has 2 aromatic rings. The molecule has 1 aliphatic rings. The van der Waals surface area contributed by atoms with E-state index in [2.05, 4.69) is 0 Å². The van der Waals surface area contributed by atoms with Crippen LogP contribution in [0.5, 0.6) is 5.75 Å². The van der Waals surface area contributed by atoms with E-state index in [0.29, 0.717) is 11.1 Å². The lowest BCUT2D eigenvalue weighted by atomic mass is 10.1. The van der Waals surface area contributed by atoms with Crippen molar-refractivity contribution in [2.75, 3.05) is 4.90 Å². The lowest BCUT2D eigenvalue weighted by molar-refractivity contribution is -0.152. The molecule has 0 atom stereocenters. The van der Waals surface area contributed by atoms with Crippen molar-refractivity contribution < 1.29 is 24.2 Å². The molecule has 0 saturated heterocycles. The molecular weight excluding hydrogens is 310 g/mol. The molecule has 6 nitrogen and oxygen atoms in total. The number of carboxylic acids is 1. The van der Waals surface area contributed by atoms with Gasteiger partial charge in [0.2, 0.25) is 0 Å². The molecule has 0 saturated carbocycles. The molecule has 0 aromatic heterocycles. The number of amides is 2. The molecule has 0 unspecified atom stereocenters. The van der Waals surface area contributed by atoms with Crippen LogP contribution < -0.4 is 9.64 Å². The monoisotopic (exact) mass is 325 g/mol. The molecule has 0 aliphatic carbocycles. The standard InChI is InChI=1S/C18H15NO5/c1-18(2,17(22)23)24-14-10-6-5-9-13(14)19-15(20)11-7-3-4-8-12(11)16(19)21/h3-10H,1-2H3,(H,22,23). The first-order valence-corrected chi connectivity index (χ1v) is 7.32. The van der Waals surface area contributed by atoms with Crippen LogP contribution in [0.4, 0.5) is 5.69 Å². The van der Waals surface area contributed by atoms with Crippen molar-refractivity contribution in [2.24, 2.45) is 0 Å². The number of imide groups is 1. The van der Waals surface area contributed by atoms with Crippen LogP contribution in [0.2, 0.25) is 0 Å². The number of fused-ring (bicyclic) bond motifs is 1. The number of benzene rings is 2. The van der Waals surface area contributed by atoms with E-state index in [0.717, 1.165) is 4.90 Å². The van der Waals surface area contributed by atoms with Crippen molar-refractivity contribution >= 4 is 23.5 Å². The normalized spacial score (nSPS) is 13.8. The molecule has 0 spiro atoms. The number of hydrogen-bond donors (Lipinski definition) is 1. The topological polar surface area (TPSA) is 83.9 Å². The second-order valence-electron chi connectivity index (χ2n) is 5.88. The first-order chi connectivity index (χ1) is 11.3. The lowest BCUT2D eigenvalue weighted by Crippen LogP contribution is -2.39. The highest BCUT2D eigenvalue weighted by Crippen LogP contribution is 2.36. The van der Waals surface area contributed by atoms with Gasteiger partial charge in [0.15, 0.2) is 5.60 Å². The number of hydrogen-bond acceptors (Lipinski definition) is 4. The van der Waals surface area contributed by atoms with Gasteiger partial charge in [-0.1, -0.05) is 24.3 Å². The predicted octanol–water partition coefficient (Wildman–Crippen LogP) is 2.73. The summed E-state index contributed by atoms with van der Waals surface area (Å²) in [6, 6.07) is 12.9. The van der Waals surface area contributed by atoms with Crippen LogP contribution in [0.3, 0.4) is 0 Å². The van der Waals surface area contributed by atoms with Gasteiger partial charge in [-0.2, -0.15) is 0 Å². The highest BCUT2D eigenvalue weighted by atomic mass is 16.5. The Bertz CT molecular complexity index is 821. The Labute approximate surface area is 138 Å². The fourth-order valence-electron chi connectivity index (χ4n) is 2.45. The summed E-state index contributed by atoms with van der Waals surface area (Å²) in [5.74, 6) is -1.92. The van der Waals surface area contributed by atoms with Gasteiger partial charge < -0.3 is 9.84 Å². The van der Waals surface area contributed by atoms with E-state index in [4.69, 9.17) is 4.74 Å². The SMILES string of the molecule is CC(C)(Oc1ccccc1N1C(=O)c2ccccc2C1=O)C(=O)O. The van der Waals surface area contributed by atoms with E-state index < -0.39 is 23.4 Å². The van der Waals surface area contributed by atoms with Crippen molar-refractivity contribution in [2.45, 2.75) is 19.4 Å². The van der Waals surface area contributed by atoms with Gasteiger partial charge in [-0.3, -0.25) is 9.59 Å². The number of anilines is 1. The summed E-state index contributed by atoms with van der Waals surface area (Å²) in [6.45, 7) is 2.79. The van der Waals surface area contributed by atoms with Crippen LogP contribution in [0.15, 0.2) is 48.5 Å². The zero-order valence-electron chi connectivity index (χ0n) is 13.1. The van der Waals surface area contributed by atoms with E-state index in [1.807, 2.05) is 0 Å². The third-order valence-corrected chi connectivity index (χ3v) is 3.78. The van der Waals surface area contributed by atoms with Crippen LogP contribution in [0.1, 0.15) is 34.6 Å². The van der Waals surface area contributed by atoms with E-state index in [9.17, 15) is 19.5 Å². The number of carbonyl (C=O) groups is 3. The minimum absolute atomic E-state index is 0.152. The van der Waals surface area contributed by atoms with E-state index in [1.165, 1.54) is 19.9 Å². The van der Waals surface area contributed by atoms with Gasteiger partial charge in [-0.15, -0.1) is 0 Å². The fourth-order valence-corrected chi connectivity index (χ4v) is 2.45. The minimum atomic E-state index is -1.51. The van der Waals surface area contributed by atoms with Crippen molar-refractivity contribution in [1.82, 2.24) is 0 Å². The third-order valence-electron chi connectivity index (χ3n) is 3.78. The summed E-state index contributed by atoms with van der Waals surface area (Å²) >= 11 is 0. The van der Waals surface area contributed by atoms with Crippen molar-refractivity contribution in [3.63, 3.8) is 0 Å². The summed E-state index contributed by atoms with van der Waals surface area (Å²) in [6.07, 6.45) is 0. The van der Waals surface area contributed by atoms with Gasteiger partial charge in [-0.25, -0.2) is 9.69 Å². The van der Waals surface area contributed by atoms with E-state index >= 15 is 0 Å². The smallest absolute Gasteiger partial charge is 0.347 e. The Morgan fingerprint density at radius 1 is 0.958 bits per heavy atom. The molecule has 122 valence electrons. The Balaban J connectivity index is 2.05. The molecule has 2 amide bonds. The molecule has 1 heterocycles. The van der Waals surface area contributed by atoms with Gasteiger partial charge in [0.05, 0.1) is 16.8 Å². The average molecular weight is 325 g/mol. The number of carbonyl (C=O) groups excluding carboxylic acids is 2. The number of rotatable bonds is 4.